The van der Waals surface area contributed by atoms with E-state index in [2.05, 4.69) is 40.3 Å². The number of piperidine rings is 1. The van der Waals surface area contributed by atoms with Crippen LogP contribution in [0.4, 0.5) is 23.3 Å². The van der Waals surface area contributed by atoms with Crippen molar-refractivity contribution in [2.45, 2.75) is 69.9 Å². The summed E-state index contributed by atoms with van der Waals surface area (Å²) < 4.78 is 5.78. The Morgan fingerprint density at radius 1 is 0.912 bits per heavy atom. The lowest BCUT2D eigenvalue weighted by atomic mass is 9.60. The van der Waals surface area contributed by atoms with Crippen LogP contribution in [0.25, 0.3) is 11.3 Å². The van der Waals surface area contributed by atoms with Crippen molar-refractivity contribution < 1.29 is 19.5 Å². The molecular formula is C42H55N11O4. The van der Waals surface area contributed by atoms with Crippen molar-refractivity contribution in [2.75, 3.05) is 92.5 Å². The Bertz CT molecular complexity index is 2030. The molecule has 3 aromatic heterocycles. The zero-order valence-electron chi connectivity index (χ0n) is 33.3. The van der Waals surface area contributed by atoms with Crippen LogP contribution in [-0.2, 0) is 4.79 Å². The lowest BCUT2D eigenvalue weighted by Crippen LogP contribution is -2.67. The number of β-amino-alcohol motifs (C(OH)–C–C–N with tert-alkyl or cyclic N) is 1. The lowest BCUT2D eigenvalue weighted by molar-refractivity contribution is -0.133. The third-order valence-corrected chi connectivity index (χ3v) is 13.2. The molecule has 2 atom stereocenters. The van der Waals surface area contributed by atoms with E-state index in [1.54, 1.807) is 17.0 Å². The quantitative estimate of drug-likeness (QED) is 0.210. The summed E-state index contributed by atoms with van der Waals surface area (Å²) in [7, 11) is 1.85. The number of phenolic OH excluding ortho intramolecular Hbond substituents is 1. The molecule has 1 saturated carbocycles. The van der Waals surface area contributed by atoms with Gasteiger partial charge < -0.3 is 44.6 Å². The Morgan fingerprint density at radius 2 is 1.63 bits per heavy atom. The summed E-state index contributed by atoms with van der Waals surface area (Å²) in [6, 6.07) is 11.8. The number of hydrogen-bond acceptors (Lipinski definition) is 14. The number of aromatic hydroxyl groups is 1. The van der Waals surface area contributed by atoms with Gasteiger partial charge in [-0.1, -0.05) is 31.1 Å². The van der Waals surface area contributed by atoms with Gasteiger partial charge in [-0.05, 0) is 80.8 Å². The fourth-order valence-electron chi connectivity index (χ4n) is 9.90. The number of benzene rings is 1. The number of hydrogen-bond donors (Lipinski definition) is 3. The molecule has 302 valence electrons. The number of para-hydroxylation sites is 1. The molecule has 9 rings (SSSR count). The minimum absolute atomic E-state index is 0.0240. The van der Waals surface area contributed by atoms with Crippen molar-refractivity contribution >= 4 is 29.2 Å². The molecule has 3 N–H and O–H groups in total. The Kier molecular flexibility index (Phi) is 10.1. The van der Waals surface area contributed by atoms with Crippen LogP contribution in [0.1, 0.15) is 69.1 Å². The second-order valence-electron chi connectivity index (χ2n) is 17.3. The normalized spacial score (nSPS) is 22.2. The average Bonchev–Trinajstić information content (AvgIpc) is 3.86. The summed E-state index contributed by atoms with van der Waals surface area (Å²) in [5.41, 5.74) is 3.86. The van der Waals surface area contributed by atoms with Gasteiger partial charge in [0.05, 0.1) is 17.5 Å². The van der Waals surface area contributed by atoms with Gasteiger partial charge in [-0.3, -0.25) is 4.79 Å². The van der Waals surface area contributed by atoms with Crippen LogP contribution in [0, 0.1) is 11.3 Å². The second-order valence-corrected chi connectivity index (χ2v) is 17.3. The van der Waals surface area contributed by atoms with Crippen LogP contribution in [0.15, 0.2) is 53.3 Å². The number of aromatic nitrogens is 5. The summed E-state index contributed by atoms with van der Waals surface area (Å²) in [5.74, 6) is 3.34. The fraction of sp³-hybridized carbons (Fsp3) is 0.571. The van der Waals surface area contributed by atoms with Crippen molar-refractivity contribution in [3.05, 3.63) is 60.1 Å². The van der Waals surface area contributed by atoms with E-state index in [9.17, 15) is 15.0 Å². The number of aliphatic hydroxyl groups is 1. The molecule has 15 nitrogen and oxygen atoms in total. The summed E-state index contributed by atoms with van der Waals surface area (Å²) in [5, 5.41) is 36.7. The topological polar surface area (TPSA) is 163 Å². The van der Waals surface area contributed by atoms with Gasteiger partial charge in [0.25, 0.3) is 0 Å². The smallest absolute Gasteiger partial charge is 0.233 e. The highest BCUT2D eigenvalue weighted by molar-refractivity contribution is 5.84. The minimum Gasteiger partial charge on any atom is -0.507 e. The number of phenols is 1. The maximum absolute atomic E-state index is 13.3. The Hall–Kier alpha value is -5.02. The van der Waals surface area contributed by atoms with Gasteiger partial charge in [-0.25, -0.2) is 9.97 Å². The second kappa shape index (κ2) is 15.4. The van der Waals surface area contributed by atoms with Crippen LogP contribution >= 0.6 is 0 Å². The SMILES string of the molecule is CNc1nnc(-c2ccccc2O)cc1N1CCN(c2ncc(C3CCN(C4CC5(C4)CN(c4cc(C(C(=O)N6CCC(O)C6)C(C)C)on4)C5)CC3)cn2)CC1. The molecule has 2 unspecified atom stereocenters. The zero-order valence-corrected chi connectivity index (χ0v) is 33.3. The van der Waals surface area contributed by atoms with E-state index in [0.29, 0.717) is 59.7 Å². The largest absolute Gasteiger partial charge is 0.507 e. The van der Waals surface area contributed by atoms with Crippen molar-refractivity contribution in [1.29, 1.82) is 0 Å². The third kappa shape index (κ3) is 7.35. The number of carbonyl (C=O) groups is 1. The summed E-state index contributed by atoms with van der Waals surface area (Å²) in [6.45, 7) is 12.4. The highest BCUT2D eigenvalue weighted by Gasteiger charge is 2.54. The van der Waals surface area contributed by atoms with Gasteiger partial charge in [0.1, 0.15) is 11.7 Å². The van der Waals surface area contributed by atoms with Crippen LogP contribution < -0.4 is 20.0 Å². The average molecular weight is 778 g/mol. The minimum atomic E-state index is -0.436. The van der Waals surface area contributed by atoms with Crippen LogP contribution in [0.5, 0.6) is 5.75 Å². The molecular weight excluding hydrogens is 723 g/mol. The molecule has 1 aromatic carbocycles. The number of carbonyl (C=O) groups excluding carboxylic acids is 1. The van der Waals surface area contributed by atoms with E-state index in [-0.39, 0.29) is 23.5 Å². The molecule has 4 aliphatic heterocycles. The van der Waals surface area contributed by atoms with Crippen molar-refractivity contribution in [3.63, 3.8) is 0 Å². The van der Waals surface area contributed by atoms with E-state index in [1.165, 1.54) is 18.4 Å². The van der Waals surface area contributed by atoms with E-state index < -0.39 is 6.10 Å². The standard InChI is InChI=1S/C42H55N11O4/c1-27(2)38(40(56)52-13-10-31(54)24-52)36-19-37(48-57-36)53-25-42(26-53)20-30(21-42)49-11-8-28(9-12-49)29-22-44-41(45-23-29)51-16-14-50(15-17-51)34-18-33(46-47-39(34)43-3)32-6-4-5-7-35(32)55/h4-7,18-19,22-23,27-28,30-31,38,54-55H,8-17,20-21,24-26H2,1-3H3,(H,43,47). The van der Waals surface area contributed by atoms with Gasteiger partial charge in [0, 0.05) is 94.9 Å². The molecule has 5 fully saturated rings. The first-order valence-electron chi connectivity index (χ1n) is 20.7. The van der Waals surface area contributed by atoms with Crippen LogP contribution in [-0.4, -0.2) is 136 Å². The number of nitrogens with one attached hydrogen (secondary N) is 1. The molecule has 0 radical (unpaired) electrons. The maximum atomic E-state index is 13.3. The first-order valence-corrected chi connectivity index (χ1v) is 20.7. The monoisotopic (exact) mass is 777 g/mol. The van der Waals surface area contributed by atoms with Gasteiger partial charge in [-0.15, -0.1) is 10.2 Å². The number of amides is 1. The Balaban J connectivity index is 0.728. The highest BCUT2D eigenvalue weighted by Crippen LogP contribution is 2.52. The molecule has 15 heteroatoms. The van der Waals surface area contributed by atoms with Gasteiger partial charge >= 0.3 is 0 Å². The van der Waals surface area contributed by atoms with Crippen molar-refractivity contribution in [2.24, 2.45) is 11.3 Å². The Labute approximate surface area is 334 Å². The number of nitrogens with zero attached hydrogens (tertiary/aromatic N) is 10. The number of rotatable bonds is 10. The molecule has 1 spiro atoms. The molecule has 57 heavy (non-hydrogen) atoms. The van der Waals surface area contributed by atoms with Crippen LogP contribution in [0.3, 0.4) is 0 Å². The first kappa shape index (κ1) is 37.6. The van der Waals surface area contributed by atoms with Crippen LogP contribution in [0.2, 0.25) is 0 Å². The van der Waals surface area contributed by atoms with Gasteiger partial charge in [0.2, 0.25) is 11.9 Å². The molecule has 5 aliphatic rings. The Morgan fingerprint density at radius 3 is 2.30 bits per heavy atom. The lowest BCUT2D eigenvalue weighted by Gasteiger charge is -2.61. The summed E-state index contributed by atoms with van der Waals surface area (Å²) in [4.78, 5) is 34.3. The molecule has 1 amide bonds. The number of anilines is 4. The first-order chi connectivity index (χ1) is 27.7. The third-order valence-electron chi connectivity index (χ3n) is 13.2. The zero-order chi connectivity index (χ0) is 39.3. The van der Waals surface area contributed by atoms with E-state index in [1.807, 2.05) is 57.6 Å². The van der Waals surface area contributed by atoms with E-state index in [4.69, 9.17) is 14.5 Å². The number of aliphatic hydroxyl groups excluding tert-OH is 1. The number of piperazine rings is 1. The highest BCUT2D eigenvalue weighted by atomic mass is 16.5. The van der Waals surface area contributed by atoms with Gasteiger partial charge in [-0.2, -0.15) is 0 Å². The number of likely N-dealkylation sites (tertiary alicyclic amines) is 2. The van der Waals surface area contributed by atoms with Crippen molar-refractivity contribution in [1.82, 2.24) is 35.1 Å². The molecule has 7 heterocycles. The molecule has 4 aromatic rings. The fourth-order valence-corrected chi connectivity index (χ4v) is 9.90. The maximum Gasteiger partial charge on any atom is 0.233 e. The molecule has 0 bridgehead atoms. The predicted molar refractivity (Wildman–Crippen MR) is 218 cm³/mol. The predicted octanol–water partition coefficient (Wildman–Crippen LogP) is 4.18. The summed E-state index contributed by atoms with van der Waals surface area (Å²) in [6.07, 6.45) is 8.99. The summed E-state index contributed by atoms with van der Waals surface area (Å²) >= 11 is 0. The van der Waals surface area contributed by atoms with Crippen molar-refractivity contribution in [3.8, 4) is 17.0 Å². The molecule has 4 saturated heterocycles. The van der Waals surface area contributed by atoms with E-state index in [0.717, 1.165) is 82.7 Å². The van der Waals surface area contributed by atoms with Gasteiger partial charge in [0.15, 0.2) is 17.4 Å². The molecule has 1 aliphatic carbocycles. The van der Waals surface area contributed by atoms with E-state index >= 15 is 0 Å².